The summed E-state index contributed by atoms with van der Waals surface area (Å²) in [5, 5.41) is 7.25. The van der Waals surface area contributed by atoms with Crippen LogP contribution in [0.4, 0.5) is 14.7 Å². The number of nitrogens with zero attached hydrogens (tertiary/aromatic N) is 4. The summed E-state index contributed by atoms with van der Waals surface area (Å²) in [6, 6.07) is 1.33. The predicted octanol–water partition coefficient (Wildman–Crippen LogP) is 3.82. The molecule has 0 aliphatic heterocycles. The van der Waals surface area contributed by atoms with Crippen LogP contribution in [0.15, 0.2) is 12.3 Å². The smallest absolute Gasteiger partial charge is 0.280 e. The number of halogens is 2. The highest BCUT2D eigenvalue weighted by molar-refractivity contribution is 5.62. The molecule has 2 heterocycles. The second-order valence-corrected chi connectivity index (χ2v) is 5.04. The highest BCUT2D eigenvalue weighted by atomic mass is 19.3. The minimum absolute atomic E-state index is 0.241. The minimum Gasteiger partial charge on any atom is -0.354 e. The van der Waals surface area contributed by atoms with E-state index in [0.717, 1.165) is 30.6 Å². The second kappa shape index (κ2) is 7.29. The van der Waals surface area contributed by atoms with Crippen LogP contribution in [-0.2, 0) is 6.54 Å². The van der Waals surface area contributed by atoms with Crippen molar-refractivity contribution >= 4 is 5.95 Å². The average Bonchev–Trinajstić information content (AvgIpc) is 2.88. The molecule has 0 aliphatic rings. The highest BCUT2D eigenvalue weighted by Gasteiger charge is 2.16. The molecule has 0 atom stereocenters. The number of aromatic nitrogens is 4. The number of nitrogens with one attached hydrogen (secondary N) is 1. The Balaban J connectivity index is 2.38. The Morgan fingerprint density at radius 1 is 1.27 bits per heavy atom. The molecule has 0 aliphatic carbocycles. The summed E-state index contributed by atoms with van der Waals surface area (Å²) in [6.07, 6.45) is 0.975. The Labute approximate surface area is 128 Å². The van der Waals surface area contributed by atoms with E-state index in [9.17, 15) is 8.78 Å². The summed E-state index contributed by atoms with van der Waals surface area (Å²) in [7, 11) is 0. The molecule has 0 unspecified atom stereocenters. The van der Waals surface area contributed by atoms with Crippen LogP contribution in [0.1, 0.15) is 44.5 Å². The molecule has 2 aromatic heterocycles. The van der Waals surface area contributed by atoms with Crippen molar-refractivity contribution in [1.82, 2.24) is 19.7 Å². The van der Waals surface area contributed by atoms with Crippen LogP contribution in [-0.4, -0.2) is 26.3 Å². The lowest BCUT2D eigenvalue weighted by Gasteiger charge is -2.09. The first-order valence-corrected chi connectivity index (χ1v) is 7.50. The van der Waals surface area contributed by atoms with Crippen molar-refractivity contribution in [3.63, 3.8) is 0 Å². The quantitative estimate of drug-likeness (QED) is 0.790. The molecule has 0 saturated carbocycles. The van der Waals surface area contributed by atoms with E-state index >= 15 is 0 Å². The van der Waals surface area contributed by atoms with E-state index in [1.165, 1.54) is 6.07 Å². The zero-order chi connectivity index (χ0) is 16.1. The summed E-state index contributed by atoms with van der Waals surface area (Å²) < 4.78 is 27.9. The van der Waals surface area contributed by atoms with E-state index in [1.54, 1.807) is 6.20 Å². The van der Waals surface area contributed by atoms with E-state index in [4.69, 9.17) is 0 Å². The van der Waals surface area contributed by atoms with Gasteiger partial charge in [-0.1, -0.05) is 13.3 Å². The number of alkyl halides is 2. The molecule has 0 amide bonds. The van der Waals surface area contributed by atoms with Gasteiger partial charge in [0, 0.05) is 24.3 Å². The number of hydrogen-bond acceptors (Lipinski definition) is 4. The SMILES string of the molecule is CCCCNc1nc(-c2cnn(CC)c2C)cc(C(F)F)n1. The molecule has 0 spiro atoms. The number of rotatable bonds is 7. The lowest BCUT2D eigenvalue weighted by Crippen LogP contribution is -2.08. The summed E-state index contributed by atoms with van der Waals surface area (Å²) in [5.41, 5.74) is 1.86. The first-order valence-electron chi connectivity index (χ1n) is 7.50. The third-order valence-corrected chi connectivity index (χ3v) is 3.46. The van der Waals surface area contributed by atoms with Crippen LogP contribution in [0.5, 0.6) is 0 Å². The van der Waals surface area contributed by atoms with Gasteiger partial charge in [0.1, 0.15) is 5.69 Å². The maximum atomic E-state index is 13.1. The van der Waals surface area contributed by atoms with Crippen molar-refractivity contribution in [3.8, 4) is 11.3 Å². The lowest BCUT2D eigenvalue weighted by molar-refractivity contribution is 0.146. The van der Waals surface area contributed by atoms with Crippen molar-refractivity contribution < 1.29 is 8.78 Å². The van der Waals surface area contributed by atoms with Gasteiger partial charge in [0.05, 0.1) is 11.9 Å². The van der Waals surface area contributed by atoms with Gasteiger partial charge in [-0.2, -0.15) is 5.10 Å². The van der Waals surface area contributed by atoms with E-state index in [-0.39, 0.29) is 11.6 Å². The molecule has 22 heavy (non-hydrogen) atoms. The van der Waals surface area contributed by atoms with E-state index < -0.39 is 6.43 Å². The Morgan fingerprint density at radius 2 is 2.05 bits per heavy atom. The van der Waals surface area contributed by atoms with Crippen LogP contribution in [0.25, 0.3) is 11.3 Å². The molecule has 0 fully saturated rings. The molecular weight excluding hydrogens is 288 g/mol. The maximum absolute atomic E-state index is 13.1. The molecule has 0 aromatic carbocycles. The van der Waals surface area contributed by atoms with Gasteiger partial charge < -0.3 is 5.32 Å². The third-order valence-electron chi connectivity index (χ3n) is 3.46. The molecular formula is C15H21F2N5. The number of unbranched alkanes of at least 4 members (excludes halogenated alkanes) is 1. The van der Waals surface area contributed by atoms with Crippen molar-refractivity contribution in [2.45, 2.75) is 46.6 Å². The summed E-state index contributed by atoms with van der Waals surface area (Å²) in [6.45, 7) is 7.33. The van der Waals surface area contributed by atoms with E-state index in [2.05, 4.69) is 27.3 Å². The minimum atomic E-state index is -2.63. The van der Waals surface area contributed by atoms with Gasteiger partial charge in [-0.25, -0.2) is 18.7 Å². The number of hydrogen-bond donors (Lipinski definition) is 1. The average molecular weight is 309 g/mol. The second-order valence-electron chi connectivity index (χ2n) is 5.04. The van der Waals surface area contributed by atoms with Crippen molar-refractivity contribution in [2.75, 3.05) is 11.9 Å². The Kier molecular flexibility index (Phi) is 5.41. The molecule has 120 valence electrons. The van der Waals surface area contributed by atoms with Crippen LogP contribution in [0.3, 0.4) is 0 Å². The zero-order valence-electron chi connectivity index (χ0n) is 13.1. The molecule has 0 saturated heterocycles. The number of aryl methyl sites for hydroxylation is 1. The van der Waals surface area contributed by atoms with Crippen molar-refractivity contribution in [1.29, 1.82) is 0 Å². The summed E-state index contributed by atoms with van der Waals surface area (Å²) >= 11 is 0. The van der Waals surface area contributed by atoms with Gasteiger partial charge in [-0.3, -0.25) is 4.68 Å². The summed E-state index contributed by atoms with van der Waals surface area (Å²) in [5.74, 6) is 0.241. The summed E-state index contributed by atoms with van der Waals surface area (Å²) in [4.78, 5) is 8.24. The largest absolute Gasteiger partial charge is 0.354 e. The topological polar surface area (TPSA) is 55.6 Å². The number of anilines is 1. The van der Waals surface area contributed by atoms with Gasteiger partial charge in [0.25, 0.3) is 6.43 Å². The highest BCUT2D eigenvalue weighted by Crippen LogP contribution is 2.26. The van der Waals surface area contributed by atoms with Gasteiger partial charge in [-0.15, -0.1) is 0 Å². The Hall–Kier alpha value is -2.05. The van der Waals surface area contributed by atoms with Crippen LogP contribution in [0, 0.1) is 6.92 Å². The van der Waals surface area contributed by atoms with Gasteiger partial charge in [0.2, 0.25) is 5.95 Å². The standard InChI is InChI=1S/C15H21F2N5/c1-4-6-7-18-15-20-12(8-13(21-15)14(16)17)11-9-19-22(5-2)10(11)3/h8-9,14H,4-7H2,1-3H3,(H,18,20,21). The Bertz CT molecular complexity index is 624. The fourth-order valence-electron chi connectivity index (χ4n) is 2.19. The van der Waals surface area contributed by atoms with Crippen LogP contribution >= 0.6 is 0 Å². The molecule has 5 nitrogen and oxygen atoms in total. The first kappa shape index (κ1) is 16.3. The lowest BCUT2D eigenvalue weighted by atomic mass is 10.1. The predicted molar refractivity (Wildman–Crippen MR) is 82.0 cm³/mol. The molecule has 7 heteroatoms. The van der Waals surface area contributed by atoms with Crippen molar-refractivity contribution in [2.24, 2.45) is 0 Å². The zero-order valence-corrected chi connectivity index (χ0v) is 13.1. The fourth-order valence-corrected chi connectivity index (χ4v) is 2.19. The Morgan fingerprint density at radius 3 is 2.64 bits per heavy atom. The maximum Gasteiger partial charge on any atom is 0.280 e. The first-order chi connectivity index (χ1) is 10.6. The van der Waals surface area contributed by atoms with Crippen LogP contribution < -0.4 is 5.32 Å². The molecule has 2 aromatic rings. The molecule has 0 radical (unpaired) electrons. The van der Waals surface area contributed by atoms with Crippen LogP contribution in [0.2, 0.25) is 0 Å². The molecule has 0 bridgehead atoms. The molecule has 2 rings (SSSR count). The van der Waals surface area contributed by atoms with Gasteiger partial charge >= 0.3 is 0 Å². The van der Waals surface area contributed by atoms with Crippen molar-refractivity contribution in [3.05, 3.63) is 23.7 Å². The monoisotopic (exact) mass is 309 g/mol. The fraction of sp³-hybridized carbons (Fsp3) is 0.533. The van der Waals surface area contributed by atoms with Gasteiger partial charge in [-0.05, 0) is 26.3 Å². The van der Waals surface area contributed by atoms with E-state index in [0.29, 0.717) is 12.2 Å². The normalized spacial score (nSPS) is 11.2. The van der Waals surface area contributed by atoms with E-state index in [1.807, 2.05) is 18.5 Å². The van der Waals surface area contributed by atoms with Gasteiger partial charge in [0.15, 0.2) is 0 Å². The molecule has 1 N–H and O–H groups in total. The third kappa shape index (κ3) is 3.58.